The predicted molar refractivity (Wildman–Crippen MR) is 75.3 cm³/mol. The zero-order chi connectivity index (χ0) is 14.8. The topological polar surface area (TPSA) is 108 Å². The average Bonchev–Trinajstić information content (AvgIpc) is 3.12. The first kappa shape index (κ1) is 13.5. The van der Waals surface area contributed by atoms with Crippen LogP contribution >= 0.6 is 0 Å². The first-order chi connectivity index (χ1) is 10.1. The van der Waals surface area contributed by atoms with Crippen LogP contribution in [-0.4, -0.2) is 44.7 Å². The molecule has 0 bridgehead atoms. The minimum absolute atomic E-state index is 0.201. The van der Waals surface area contributed by atoms with Gasteiger partial charge in [-0.15, -0.1) is 0 Å². The molecule has 8 nitrogen and oxygen atoms in total. The molecule has 3 rings (SSSR count). The van der Waals surface area contributed by atoms with Crippen molar-refractivity contribution in [1.82, 2.24) is 19.5 Å². The lowest BCUT2D eigenvalue weighted by atomic mass is 10.3. The molecule has 8 heteroatoms. The SMILES string of the molecule is Cc1cnc(NC2CCOC2)nc1-n1cnc(C(N)=O)c1. The summed E-state index contributed by atoms with van der Waals surface area (Å²) in [5, 5.41) is 3.24. The van der Waals surface area contributed by atoms with E-state index >= 15 is 0 Å². The number of anilines is 1. The molecule has 1 amide bonds. The van der Waals surface area contributed by atoms with Gasteiger partial charge in [0.05, 0.1) is 12.6 Å². The zero-order valence-electron chi connectivity index (χ0n) is 11.6. The molecule has 3 N–H and O–H groups in total. The number of hydrogen-bond acceptors (Lipinski definition) is 6. The molecule has 0 radical (unpaired) electrons. The third-order valence-electron chi connectivity index (χ3n) is 3.29. The van der Waals surface area contributed by atoms with E-state index in [-0.39, 0.29) is 11.7 Å². The van der Waals surface area contributed by atoms with Crippen LogP contribution in [0.4, 0.5) is 5.95 Å². The molecular formula is C13H16N6O2. The van der Waals surface area contributed by atoms with Crippen molar-refractivity contribution in [3.63, 3.8) is 0 Å². The lowest BCUT2D eigenvalue weighted by molar-refractivity contribution is 0.0996. The maximum absolute atomic E-state index is 11.1. The Kier molecular flexibility index (Phi) is 3.53. The van der Waals surface area contributed by atoms with E-state index < -0.39 is 5.91 Å². The van der Waals surface area contributed by atoms with Crippen LogP contribution in [0.15, 0.2) is 18.7 Å². The van der Waals surface area contributed by atoms with E-state index in [1.54, 1.807) is 17.0 Å². The van der Waals surface area contributed by atoms with Gasteiger partial charge in [0.25, 0.3) is 5.91 Å². The zero-order valence-corrected chi connectivity index (χ0v) is 11.6. The van der Waals surface area contributed by atoms with Crippen molar-refractivity contribution < 1.29 is 9.53 Å². The van der Waals surface area contributed by atoms with E-state index in [1.165, 1.54) is 6.33 Å². The van der Waals surface area contributed by atoms with Gasteiger partial charge in [-0.1, -0.05) is 0 Å². The number of imidazole rings is 1. The van der Waals surface area contributed by atoms with Crippen molar-refractivity contribution in [3.05, 3.63) is 30.0 Å². The number of carbonyl (C=O) groups excluding carboxylic acids is 1. The second-order valence-electron chi connectivity index (χ2n) is 4.94. The number of hydrogen-bond donors (Lipinski definition) is 2. The fourth-order valence-electron chi connectivity index (χ4n) is 2.16. The maximum atomic E-state index is 11.1. The average molecular weight is 288 g/mol. The molecule has 1 atom stereocenters. The molecule has 1 saturated heterocycles. The van der Waals surface area contributed by atoms with Crippen molar-refractivity contribution in [2.24, 2.45) is 5.73 Å². The molecule has 0 saturated carbocycles. The van der Waals surface area contributed by atoms with Gasteiger partial charge in [-0.3, -0.25) is 9.36 Å². The number of primary amides is 1. The highest BCUT2D eigenvalue weighted by atomic mass is 16.5. The lowest BCUT2D eigenvalue weighted by Gasteiger charge is -2.12. The highest BCUT2D eigenvalue weighted by Crippen LogP contribution is 2.15. The molecule has 2 aromatic rings. The molecule has 0 aromatic carbocycles. The molecule has 3 heterocycles. The number of aromatic nitrogens is 4. The molecule has 21 heavy (non-hydrogen) atoms. The van der Waals surface area contributed by atoms with E-state index in [4.69, 9.17) is 10.5 Å². The van der Waals surface area contributed by atoms with Crippen molar-refractivity contribution in [3.8, 4) is 5.82 Å². The van der Waals surface area contributed by atoms with Gasteiger partial charge < -0.3 is 15.8 Å². The van der Waals surface area contributed by atoms with E-state index in [0.29, 0.717) is 18.4 Å². The Morgan fingerprint density at radius 2 is 2.38 bits per heavy atom. The maximum Gasteiger partial charge on any atom is 0.268 e. The van der Waals surface area contributed by atoms with E-state index in [2.05, 4.69) is 20.3 Å². The van der Waals surface area contributed by atoms with Crippen LogP contribution in [0, 0.1) is 6.92 Å². The summed E-state index contributed by atoms with van der Waals surface area (Å²) in [6.07, 6.45) is 5.73. The van der Waals surface area contributed by atoms with Crippen molar-refractivity contribution in [2.75, 3.05) is 18.5 Å². The van der Waals surface area contributed by atoms with Gasteiger partial charge in [0.15, 0.2) is 0 Å². The van der Waals surface area contributed by atoms with Crippen LogP contribution in [0.1, 0.15) is 22.5 Å². The number of carbonyl (C=O) groups is 1. The van der Waals surface area contributed by atoms with Crippen LogP contribution < -0.4 is 11.1 Å². The summed E-state index contributed by atoms with van der Waals surface area (Å²) in [7, 11) is 0. The summed E-state index contributed by atoms with van der Waals surface area (Å²) in [6, 6.07) is 0.226. The fraction of sp³-hybridized carbons (Fsp3) is 0.385. The third-order valence-corrected chi connectivity index (χ3v) is 3.29. The lowest BCUT2D eigenvalue weighted by Crippen LogP contribution is -2.21. The Morgan fingerprint density at radius 1 is 1.52 bits per heavy atom. The Bertz CT molecular complexity index is 662. The summed E-state index contributed by atoms with van der Waals surface area (Å²) in [4.78, 5) is 23.8. The third kappa shape index (κ3) is 2.84. The van der Waals surface area contributed by atoms with Crippen LogP contribution in [-0.2, 0) is 4.74 Å². The number of aryl methyl sites for hydroxylation is 1. The van der Waals surface area contributed by atoms with Crippen LogP contribution in [0.5, 0.6) is 0 Å². The van der Waals surface area contributed by atoms with Gasteiger partial charge in [0.1, 0.15) is 17.8 Å². The first-order valence-corrected chi connectivity index (χ1v) is 6.65. The largest absolute Gasteiger partial charge is 0.379 e. The van der Waals surface area contributed by atoms with E-state index in [1.807, 2.05) is 6.92 Å². The van der Waals surface area contributed by atoms with Gasteiger partial charge in [-0.05, 0) is 13.3 Å². The second-order valence-corrected chi connectivity index (χ2v) is 4.94. The van der Waals surface area contributed by atoms with Crippen LogP contribution in [0.2, 0.25) is 0 Å². The normalized spacial score (nSPS) is 17.9. The molecular weight excluding hydrogens is 272 g/mol. The van der Waals surface area contributed by atoms with Gasteiger partial charge in [0.2, 0.25) is 5.95 Å². The van der Waals surface area contributed by atoms with Crippen molar-refractivity contribution >= 4 is 11.9 Å². The smallest absolute Gasteiger partial charge is 0.268 e. The molecule has 110 valence electrons. The second kappa shape index (κ2) is 5.49. The Balaban J connectivity index is 1.87. The minimum atomic E-state index is -0.568. The van der Waals surface area contributed by atoms with Crippen molar-refractivity contribution in [2.45, 2.75) is 19.4 Å². The number of rotatable bonds is 4. The minimum Gasteiger partial charge on any atom is -0.379 e. The van der Waals surface area contributed by atoms with E-state index in [0.717, 1.165) is 18.6 Å². The quantitative estimate of drug-likeness (QED) is 0.836. The summed E-state index contributed by atoms with van der Waals surface area (Å²) in [6.45, 7) is 3.30. The number of nitrogens with one attached hydrogen (secondary N) is 1. The Labute approximate surface area is 121 Å². The molecule has 0 spiro atoms. The Hall–Kier alpha value is -2.48. The highest BCUT2D eigenvalue weighted by Gasteiger charge is 2.17. The summed E-state index contributed by atoms with van der Waals surface area (Å²) >= 11 is 0. The molecule has 0 aliphatic carbocycles. The van der Waals surface area contributed by atoms with Gasteiger partial charge in [-0.25, -0.2) is 9.97 Å². The van der Waals surface area contributed by atoms with Crippen molar-refractivity contribution in [1.29, 1.82) is 0 Å². The number of nitrogens with two attached hydrogens (primary N) is 1. The summed E-state index contributed by atoms with van der Waals surface area (Å²) in [5.41, 5.74) is 6.28. The number of ether oxygens (including phenoxy) is 1. The van der Waals surface area contributed by atoms with Gasteiger partial charge >= 0.3 is 0 Å². The molecule has 1 aliphatic rings. The molecule has 1 aliphatic heterocycles. The molecule has 1 unspecified atom stereocenters. The monoisotopic (exact) mass is 288 g/mol. The van der Waals surface area contributed by atoms with Gasteiger partial charge in [0, 0.05) is 24.6 Å². The van der Waals surface area contributed by atoms with E-state index in [9.17, 15) is 4.79 Å². The first-order valence-electron chi connectivity index (χ1n) is 6.65. The molecule has 2 aromatic heterocycles. The predicted octanol–water partition coefficient (Wildman–Crippen LogP) is 0.270. The Morgan fingerprint density at radius 3 is 3.05 bits per heavy atom. The van der Waals surface area contributed by atoms with Gasteiger partial charge in [-0.2, -0.15) is 4.98 Å². The number of amides is 1. The highest BCUT2D eigenvalue weighted by molar-refractivity contribution is 5.90. The van der Waals surface area contributed by atoms with Crippen LogP contribution in [0.25, 0.3) is 5.82 Å². The molecule has 1 fully saturated rings. The number of nitrogens with zero attached hydrogens (tertiary/aromatic N) is 4. The standard InChI is InChI=1S/C13H16N6O2/c1-8-4-15-13(17-9-2-3-21-6-9)18-12(8)19-5-10(11(14)20)16-7-19/h4-5,7,9H,2-3,6H2,1H3,(H2,14,20)(H,15,17,18). The summed E-state index contributed by atoms with van der Waals surface area (Å²) < 4.78 is 6.97. The fourth-order valence-corrected chi connectivity index (χ4v) is 2.16. The van der Waals surface area contributed by atoms with Crippen LogP contribution in [0.3, 0.4) is 0 Å². The summed E-state index contributed by atoms with van der Waals surface area (Å²) in [5.74, 6) is 0.619.